The number of hydrogen-bond donors (Lipinski definition) is 3. The maximum atomic E-state index is 11.8. The average molecular weight is 322 g/mol. The molecule has 0 bridgehead atoms. The topological polar surface area (TPSA) is 99.9 Å². The predicted octanol–water partition coefficient (Wildman–Crippen LogP) is 2.16. The molecule has 22 heavy (non-hydrogen) atoms. The molecule has 0 atom stereocenters. The minimum atomic E-state index is -4.60. The smallest absolute Gasteiger partial charge is 0.483 e. The molecule has 0 saturated heterocycles. The fraction of sp³-hybridized carbons (Fsp3) is 0.200. The van der Waals surface area contributed by atoms with E-state index in [1.807, 2.05) is 30.3 Å². The molecule has 0 saturated carbocycles. The van der Waals surface area contributed by atoms with Crippen LogP contribution in [0.3, 0.4) is 0 Å². The van der Waals surface area contributed by atoms with Gasteiger partial charge in [0.25, 0.3) is 0 Å². The van der Waals surface area contributed by atoms with Gasteiger partial charge in [-0.1, -0.05) is 30.3 Å². The molecule has 0 aliphatic carbocycles. The number of carbonyl (C=O) groups excluding carboxylic acids is 1. The van der Waals surface area contributed by atoms with Crippen molar-refractivity contribution < 1.29 is 24.2 Å². The van der Waals surface area contributed by atoms with Crippen LogP contribution in [0.1, 0.15) is 27.2 Å². The average Bonchev–Trinajstić information content (AvgIpc) is 2.46. The standard InChI is InChI=1S/C15H17NO5P/c1-10-13(15(17)22(18,19)20)8-16-11(2)14(10)21-9-12-6-4-3-5-7-12/h3-8,18-20H,9H2,1-2H3/q+1. The van der Waals surface area contributed by atoms with Crippen LogP contribution in [-0.2, 0) is 6.61 Å². The third kappa shape index (κ3) is 3.67. The molecule has 0 spiro atoms. The molecule has 3 N–H and O–H groups in total. The highest BCUT2D eigenvalue weighted by molar-refractivity contribution is 7.76. The lowest BCUT2D eigenvalue weighted by Gasteiger charge is -2.14. The number of aryl methyl sites for hydroxylation is 1. The highest BCUT2D eigenvalue weighted by atomic mass is 31.2. The van der Waals surface area contributed by atoms with Gasteiger partial charge in [-0.3, -0.25) is 4.98 Å². The van der Waals surface area contributed by atoms with Crippen molar-refractivity contribution in [2.45, 2.75) is 20.5 Å². The summed E-state index contributed by atoms with van der Waals surface area (Å²) in [4.78, 5) is 43.3. The number of hydrogen-bond acceptors (Lipinski definition) is 6. The first-order valence-corrected chi connectivity index (χ1v) is 8.20. The van der Waals surface area contributed by atoms with E-state index in [1.54, 1.807) is 13.8 Å². The van der Waals surface area contributed by atoms with E-state index in [9.17, 15) is 4.79 Å². The van der Waals surface area contributed by atoms with E-state index in [0.717, 1.165) is 5.56 Å². The number of nitrogens with zero attached hydrogens (tertiary/aromatic N) is 1. The van der Waals surface area contributed by atoms with Crippen LogP contribution in [-0.4, -0.2) is 25.2 Å². The van der Waals surface area contributed by atoms with Crippen LogP contribution >= 0.6 is 7.94 Å². The second kappa shape index (κ2) is 6.50. The van der Waals surface area contributed by atoms with Gasteiger partial charge in [0.2, 0.25) is 0 Å². The van der Waals surface area contributed by atoms with Gasteiger partial charge < -0.3 is 4.74 Å². The molecule has 0 aliphatic heterocycles. The van der Waals surface area contributed by atoms with Gasteiger partial charge in [0.05, 0.1) is 11.3 Å². The number of benzene rings is 1. The van der Waals surface area contributed by atoms with Crippen molar-refractivity contribution in [3.05, 3.63) is 58.9 Å². The van der Waals surface area contributed by atoms with Crippen LogP contribution < -0.4 is 4.74 Å². The van der Waals surface area contributed by atoms with E-state index >= 15 is 0 Å². The molecule has 2 aromatic rings. The molecule has 0 amide bonds. The molecule has 7 heteroatoms. The zero-order valence-electron chi connectivity index (χ0n) is 12.2. The quantitative estimate of drug-likeness (QED) is 0.730. The van der Waals surface area contributed by atoms with Gasteiger partial charge in [-0.05, 0) is 19.4 Å². The van der Waals surface area contributed by atoms with Crippen molar-refractivity contribution >= 4 is 13.5 Å². The maximum absolute atomic E-state index is 11.8. The lowest BCUT2D eigenvalue weighted by atomic mass is 10.1. The van der Waals surface area contributed by atoms with Crippen molar-refractivity contribution in [3.8, 4) is 5.75 Å². The van der Waals surface area contributed by atoms with Crippen LogP contribution in [0.15, 0.2) is 36.5 Å². The summed E-state index contributed by atoms with van der Waals surface area (Å²) >= 11 is 0. The number of carbonyl (C=O) groups is 1. The molecule has 0 aliphatic rings. The van der Waals surface area contributed by atoms with E-state index < -0.39 is 13.5 Å². The van der Waals surface area contributed by atoms with E-state index in [1.165, 1.54) is 6.20 Å². The molecule has 116 valence electrons. The van der Waals surface area contributed by atoms with Crippen molar-refractivity contribution in [2.24, 2.45) is 0 Å². The Balaban J connectivity index is 2.30. The first-order chi connectivity index (χ1) is 10.3. The van der Waals surface area contributed by atoms with Gasteiger partial charge in [0.1, 0.15) is 12.4 Å². The molecule has 0 fully saturated rings. The number of aromatic nitrogens is 1. The fourth-order valence-corrected chi connectivity index (χ4v) is 2.58. The molecule has 1 aromatic carbocycles. The maximum Gasteiger partial charge on any atom is 0.483 e. The lowest BCUT2D eigenvalue weighted by molar-refractivity contribution is 0.102. The SMILES string of the molecule is Cc1ncc(C(=O)[P+](O)(O)O)c(C)c1OCc1ccccc1. The summed E-state index contributed by atoms with van der Waals surface area (Å²) < 4.78 is 5.71. The Bertz CT molecular complexity index is 682. The Morgan fingerprint density at radius 1 is 1.18 bits per heavy atom. The second-order valence-electron chi connectivity index (χ2n) is 4.86. The minimum Gasteiger partial charge on any atom is -0.487 e. The normalized spacial score (nSPS) is 11.3. The molecular weight excluding hydrogens is 305 g/mol. The molecule has 0 unspecified atom stereocenters. The summed E-state index contributed by atoms with van der Waals surface area (Å²) in [5.41, 5.74) is 0.737. The summed E-state index contributed by atoms with van der Waals surface area (Å²) in [7, 11) is -4.60. The van der Waals surface area contributed by atoms with Crippen LogP contribution in [0.2, 0.25) is 0 Å². The van der Waals surface area contributed by atoms with Crippen LogP contribution in [0.5, 0.6) is 5.75 Å². The third-order valence-electron chi connectivity index (χ3n) is 3.19. The molecule has 2 rings (SSSR count). The van der Waals surface area contributed by atoms with E-state index in [0.29, 0.717) is 23.6 Å². The van der Waals surface area contributed by atoms with Crippen molar-refractivity contribution in [2.75, 3.05) is 0 Å². The molecule has 1 heterocycles. The number of rotatable bonds is 5. The monoisotopic (exact) mass is 322 g/mol. The Morgan fingerprint density at radius 2 is 1.82 bits per heavy atom. The summed E-state index contributed by atoms with van der Waals surface area (Å²) in [5.74, 6) is 0.392. The summed E-state index contributed by atoms with van der Waals surface area (Å²) in [6.07, 6.45) is 1.21. The lowest BCUT2D eigenvalue weighted by Crippen LogP contribution is -2.10. The Morgan fingerprint density at radius 3 is 2.41 bits per heavy atom. The first-order valence-electron chi connectivity index (χ1n) is 6.56. The highest BCUT2D eigenvalue weighted by Gasteiger charge is 2.45. The van der Waals surface area contributed by atoms with Crippen LogP contribution in [0, 0.1) is 13.8 Å². The third-order valence-corrected chi connectivity index (χ3v) is 3.98. The minimum absolute atomic E-state index is 0.0607. The van der Waals surface area contributed by atoms with Gasteiger partial charge in [0, 0.05) is 11.8 Å². The number of ether oxygens (including phenoxy) is 1. The van der Waals surface area contributed by atoms with E-state index in [4.69, 9.17) is 19.4 Å². The van der Waals surface area contributed by atoms with Crippen molar-refractivity contribution in [3.63, 3.8) is 0 Å². The van der Waals surface area contributed by atoms with Gasteiger partial charge >= 0.3 is 13.5 Å². The largest absolute Gasteiger partial charge is 0.487 e. The summed E-state index contributed by atoms with van der Waals surface area (Å²) in [6.45, 7) is 3.62. The molecule has 6 nitrogen and oxygen atoms in total. The molecule has 1 aromatic heterocycles. The predicted molar refractivity (Wildman–Crippen MR) is 82.4 cm³/mol. The first kappa shape index (κ1) is 16.5. The van der Waals surface area contributed by atoms with Gasteiger partial charge in [0.15, 0.2) is 0 Å². The van der Waals surface area contributed by atoms with Gasteiger partial charge in [-0.15, -0.1) is 0 Å². The summed E-state index contributed by atoms with van der Waals surface area (Å²) in [6, 6.07) is 9.48. The van der Waals surface area contributed by atoms with Crippen LogP contribution in [0.4, 0.5) is 0 Å². The Kier molecular flexibility index (Phi) is 4.88. The van der Waals surface area contributed by atoms with Gasteiger partial charge in [-0.25, -0.2) is 4.79 Å². The second-order valence-corrected chi connectivity index (χ2v) is 6.40. The Hall–Kier alpha value is -1.85. The highest BCUT2D eigenvalue weighted by Crippen LogP contribution is 2.49. The number of pyridine rings is 1. The zero-order chi connectivity index (χ0) is 16.3. The van der Waals surface area contributed by atoms with E-state index in [2.05, 4.69) is 4.98 Å². The van der Waals surface area contributed by atoms with E-state index in [-0.39, 0.29) is 5.56 Å². The molecule has 0 radical (unpaired) electrons. The van der Waals surface area contributed by atoms with Crippen molar-refractivity contribution in [1.82, 2.24) is 4.98 Å². The zero-order valence-corrected chi connectivity index (χ0v) is 13.1. The van der Waals surface area contributed by atoms with Crippen molar-refractivity contribution in [1.29, 1.82) is 0 Å². The Labute approximate surface area is 128 Å². The molecular formula is C15H17NO5P+. The van der Waals surface area contributed by atoms with Crippen LogP contribution in [0.25, 0.3) is 0 Å². The summed E-state index contributed by atoms with van der Waals surface area (Å²) in [5, 5.41) is 0. The van der Waals surface area contributed by atoms with Gasteiger partial charge in [-0.2, -0.15) is 14.7 Å². The fourth-order valence-electron chi connectivity index (χ4n) is 2.03.